The van der Waals surface area contributed by atoms with E-state index in [1.165, 1.54) is 11.8 Å². The van der Waals surface area contributed by atoms with E-state index in [0.29, 0.717) is 18.3 Å². The number of amides is 1. The van der Waals surface area contributed by atoms with Crippen molar-refractivity contribution in [2.75, 3.05) is 19.3 Å². The molecule has 0 aliphatic carbocycles. The molecular formula is C7H9BN4O2S. The molecule has 1 N–H and O–H groups in total. The van der Waals surface area contributed by atoms with E-state index in [4.69, 9.17) is 18.0 Å². The van der Waals surface area contributed by atoms with Gasteiger partial charge in [0.25, 0.3) is 0 Å². The van der Waals surface area contributed by atoms with Gasteiger partial charge in [-0.1, -0.05) is 11.8 Å². The molecule has 0 bridgehead atoms. The van der Waals surface area contributed by atoms with Crippen molar-refractivity contribution in [1.82, 2.24) is 10.1 Å². The van der Waals surface area contributed by atoms with E-state index < -0.39 is 6.09 Å². The largest absolute Gasteiger partial charge is 0.443 e. The SMILES string of the molecule is [B]N1C[C@H](CN=C(NC#N)SC)OC1=O. The molecule has 78 valence electrons. The van der Waals surface area contributed by atoms with Crippen LogP contribution in [0.5, 0.6) is 0 Å². The summed E-state index contributed by atoms with van der Waals surface area (Å²) in [6.07, 6.45) is 2.67. The summed E-state index contributed by atoms with van der Waals surface area (Å²) in [7, 11) is 5.30. The minimum absolute atomic E-state index is 0.296. The number of rotatable bonds is 2. The normalized spacial score (nSPS) is 21.1. The van der Waals surface area contributed by atoms with Gasteiger partial charge in [0.15, 0.2) is 11.4 Å². The molecule has 15 heavy (non-hydrogen) atoms. The van der Waals surface area contributed by atoms with Crippen molar-refractivity contribution in [2.45, 2.75) is 6.10 Å². The maximum atomic E-state index is 10.9. The summed E-state index contributed by atoms with van der Waals surface area (Å²) in [6.45, 7) is 0.612. The first kappa shape index (κ1) is 11.7. The molecular weight excluding hydrogens is 215 g/mol. The van der Waals surface area contributed by atoms with Crippen molar-refractivity contribution in [3.63, 3.8) is 0 Å². The summed E-state index contributed by atoms with van der Waals surface area (Å²) < 4.78 is 4.88. The number of nitrogens with zero attached hydrogens (tertiary/aromatic N) is 3. The third-order valence-corrected chi connectivity index (χ3v) is 2.31. The van der Waals surface area contributed by atoms with Gasteiger partial charge in [-0.3, -0.25) is 10.3 Å². The molecule has 0 spiro atoms. The Morgan fingerprint density at radius 2 is 2.73 bits per heavy atom. The van der Waals surface area contributed by atoms with Gasteiger partial charge in [0.05, 0.1) is 6.54 Å². The zero-order valence-electron chi connectivity index (χ0n) is 8.14. The zero-order chi connectivity index (χ0) is 11.3. The van der Waals surface area contributed by atoms with Crippen LogP contribution >= 0.6 is 11.8 Å². The van der Waals surface area contributed by atoms with Gasteiger partial charge in [-0.2, -0.15) is 5.26 Å². The van der Waals surface area contributed by atoms with Crippen LogP contribution in [0.1, 0.15) is 0 Å². The quantitative estimate of drug-likeness (QED) is 0.228. The Morgan fingerprint density at radius 1 is 2.00 bits per heavy atom. The molecule has 1 rings (SSSR count). The number of hydrogen-bond donors (Lipinski definition) is 1. The lowest BCUT2D eigenvalue weighted by atomic mass is 10.3. The van der Waals surface area contributed by atoms with E-state index in [1.54, 1.807) is 12.4 Å². The number of amidine groups is 1. The number of carbonyl (C=O) groups is 1. The van der Waals surface area contributed by atoms with E-state index >= 15 is 0 Å². The third kappa shape index (κ3) is 3.36. The lowest BCUT2D eigenvalue weighted by molar-refractivity contribution is 0.140. The maximum Gasteiger partial charge on any atom is 0.397 e. The van der Waals surface area contributed by atoms with E-state index in [0.717, 1.165) is 4.81 Å². The number of cyclic esters (lactones) is 1. The van der Waals surface area contributed by atoms with Gasteiger partial charge in [-0.05, 0) is 6.26 Å². The number of hydrogen-bond acceptors (Lipinski definition) is 5. The number of nitriles is 1. The second-order valence-electron chi connectivity index (χ2n) is 2.74. The van der Waals surface area contributed by atoms with Crippen molar-refractivity contribution in [3.05, 3.63) is 0 Å². The summed E-state index contributed by atoms with van der Waals surface area (Å²) in [4.78, 5) is 15.9. The van der Waals surface area contributed by atoms with Gasteiger partial charge in [0.2, 0.25) is 7.98 Å². The fraction of sp³-hybridized carbons (Fsp3) is 0.571. The number of thioether (sulfide) groups is 1. The summed E-state index contributed by atoms with van der Waals surface area (Å²) in [6, 6.07) is 0. The monoisotopic (exact) mass is 224 g/mol. The molecule has 1 aliphatic heterocycles. The molecule has 1 aliphatic rings. The van der Waals surface area contributed by atoms with E-state index in [1.807, 2.05) is 0 Å². The van der Waals surface area contributed by atoms with Gasteiger partial charge >= 0.3 is 6.09 Å². The predicted octanol–water partition coefficient (Wildman–Crippen LogP) is -0.320. The van der Waals surface area contributed by atoms with Crippen molar-refractivity contribution in [1.29, 1.82) is 5.26 Å². The Bertz CT molecular complexity index is 317. The van der Waals surface area contributed by atoms with Crippen LogP contribution in [0.3, 0.4) is 0 Å². The number of ether oxygens (including phenoxy) is 1. The molecule has 1 fully saturated rings. The average molecular weight is 224 g/mol. The van der Waals surface area contributed by atoms with E-state index in [-0.39, 0.29) is 6.10 Å². The smallest absolute Gasteiger partial charge is 0.397 e. The number of aliphatic imine (C=N–C) groups is 1. The fourth-order valence-corrected chi connectivity index (χ4v) is 1.38. The summed E-state index contributed by atoms with van der Waals surface area (Å²) in [5.41, 5.74) is 0. The van der Waals surface area contributed by atoms with Crippen molar-refractivity contribution >= 4 is 31.0 Å². The topological polar surface area (TPSA) is 77.7 Å². The average Bonchev–Trinajstić information content (AvgIpc) is 2.53. The lowest BCUT2D eigenvalue weighted by Gasteiger charge is -2.05. The Kier molecular flexibility index (Phi) is 4.30. The van der Waals surface area contributed by atoms with Crippen LogP contribution in [0.4, 0.5) is 4.79 Å². The van der Waals surface area contributed by atoms with Gasteiger partial charge in [-0.25, -0.2) is 4.79 Å². The van der Waals surface area contributed by atoms with Crippen LogP contribution in [0.2, 0.25) is 0 Å². The van der Waals surface area contributed by atoms with Crippen LogP contribution in [-0.2, 0) is 4.74 Å². The molecule has 0 unspecified atom stereocenters. The van der Waals surface area contributed by atoms with Gasteiger partial charge in [0, 0.05) is 6.54 Å². The Hall–Kier alpha value is -1.36. The van der Waals surface area contributed by atoms with Crippen LogP contribution in [-0.4, -0.2) is 49.5 Å². The second kappa shape index (κ2) is 5.51. The standard InChI is InChI=1S/C7H9BN4O2S/c1-15-6(11-4-9)10-2-5-3-12(8)7(13)14-5/h5H,2-3H2,1H3,(H,10,11)/t5-/m0/s1. The highest BCUT2D eigenvalue weighted by Crippen LogP contribution is 2.08. The number of nitrogens with one attached hydrogen (secondary N) is 1. The van der Waals surface area contributed by atoms with Crippen molar-refractivity contribution < 1.29 is 9.53 Å². The van der Waals surface area contributed by atoms with Crippen LogP contribution < -0.4 is 5.32 Å². The highest BCUT2D eigenvalue weighted by molar-refractivity contribution is 8.13. The number of carbonyl (C=O) groups excluding carboxylic acids is 1. The molecule has 1 heterocycles. The highest BCUT2D eigenvalue weighted by Gasteiger charge is 2.27. The summed E-state index contributed by atoms with van der Waals surface area (Å²) in [5.74, 6) is 0. The maximum absolute atomic E-state index is 10.9. The molecule has 1 atom stereocenters. The molecule has 1 amide bonds. The Labute approximate surface area is 93.1 Å². The first-order chi connectivity index (χ1) is 7.17. The van der Waals surface area contributed by atoms with Gasteiger partial charge in [0.1, 0.15) is 6.10 Å². The second-order valence-corrected chi connectivity index (χ2v) is 3.54. The van der Waals surface area contributed by atoms with E-state index in [2.05, 4.69) is 10.3 Å². The molecule has 0 aromatic heterocycles. The van der Waals surface area contributed by atoms with Crippen molar-refractivity contribution in [2.24, 2.45) is 4.99 Å². The van der Waals surface area contributed by atoms with Crippen molar-refractivity contribution in [3.8, 4) is 6.19 Å². The lowest BCUT2D eigenvalue weighted by Crippen LogP contribution is -2.23. The van der Waals surface area contributed by atoms with Crippen LogP contribution in [0.15, 0.2) is 4.99 Å². The Balaban J connectivity index is 2.43. The summed E-state index contributed by atoms with van der Waals surface area (Å²) >= 11 is 1.31. The fourth-order valence-electron chi connectivity index (χ4n) is 1.02. The molecule has 8 heteroatoms. The van der Waals surface area contributed by atoms with Crippen LogP contribution in [0, 0.1) is 11.5 Å². The molecule has 0 saturated carbocycles. The van der Waals surface area contributed by atoms with Crippen LogP contribution in [0.25, 0.3) is 0 Å². The minimum Gasteiger partial charge on any atom is -0.443 e. The molecule has 0 aromatic rings. The molecule has 6 nitrogen and oxygen atoms in total. The van der Waals surface area contributed by atoms with Gasteiger partial charge < -0.3 is 9.55 Å². The van der Waals surface area contributed by atoms with Gasteiger partial charge in [-0.15, -0.1) is 0 Å². The first-order valence-corrected chi connectivity index (χ1v) is 5.36. The zero-order valence-corrected chi connectivity index (χ0v) is 8.95. The molecule has 2 radical (unpaired) electrons. The molecule has 1 saturated heterocycles. The Morgan fingerprint density at radius 3 is 3.20 bits per heavy atom. The third-order valence-electron chi connectivity index (χ3n) is 1.70. The first-order valence-electron chi connectivity index (χ1n) is 4.13. The van der Waals surface area contributed by atoms with E-state index in [9.17, 15) is 4.79 Å². The predicted molar refractivity (Wildman–Crippen MR) is 57.3 cm³/mol. The minimum atomic E-state index is -0.547. The molecule has 0 aromatic carbocycles. The summed E-state index contributed by atoms with van der Waals surface area (Å²) in [5, 5.41) is 11.3. The highest BCUT2D eigenvalue weighted by atomic mass is 32.2.